The third kappa shape index (κ3) is 2.62. The lowest BCUT2D eigenvalue weighted by molar-refractivity contribution is 1.22. The van der Waals surface area contributed by atoms with Gasteiger partial charge in [-0.25, -0.2) is 4.98 Å². The van der Waals surface area contributed by atoms with E-state index in [9.17, 15) is 0 Å². The fourth-order valence-corrected chi connectivity index (χ4v) is 2.41. The number of nitrogens with zero attached hydrogens (tertiary/aromatic N) is 2. The molecule has 0 aliphatic rings. The molecule has 0 unspecified atom stereocenters. The highest BCUT2D eigenvalue weighted by Gasteiger charge is 2.16. The third-order valence-corrected chi connectivity index (χ3v) is 3.93. The second kappa shape index (κ2) is 5.66. The van der Waals surface area contributed by atoms with Gasteiger partial charge < -0.3 is 5.73 Å². The van der Waals surface area contributed by atoms with E-state index >= 15 is 0 Å². The minimum atomic E-state index is 0.207. The van der Waals surface area contributed by atoms with Gasteiger partial charge in [0.15, 0.2) is 0 Å². The molecule has 1 aromatic carbocycles. The Kier molecular flexibility index (Phi) is 4.16. The highest BCUT2D eigenvalue weighted by molar-refractivity contribution is 6.49. The van der Waals surface area contributed by atoms with E-state index < -0.39 is 0 Å². The summed E-state index contributed by atoms with van der Waals surface area (Å²) >= 11 is 18.1. The fourth-order valence-electron chi connectivity index (χ4n) is 1.78. The summed E-state index contributed by atoms with van der Waals surface area (Å²) in [6.07, 6.45) is 1.76. The summed E-state index contributed by atoms with van der Waals surface area (Å²) < 4.78 is 0. The topological polar surface area (TPSA) is 62.7 Å². The predicted octanol–water partition coefficient (Wildman–Crippen LogP) is 4.36. The molecule has 0 aliphatic carbocycles. The maximum absolute atomic E-state index is 8.86. The zero-order valence-electron chi connectivity index (χ0n) is 9.62. The molecule has 0 fully saturated rings. The summed E-state index contributed by atoms with van der Waals surface area (Å²) in [5.41, 5.74) is 7.87. The van der Waals surface area contributed by atoms with Gasteiger partial charge in [0, 0.05) is 17.3 Å². The van der Waals surface area contributed by atoms with Crippen molar-refractivity contribution < 1.29 is 0 Å². The number of nitrogens with two attached hydrogens (primary N) is 1. The summed E-state index contributed by atoms with van der Waals surface area (Å²) in [7, 11) is 0. The van der Waals surface area contributed by atoms with Crippen molar-refractivity contribution >= 4 is 40.6 Å². The Morgan fingerprint density at radius 2 is 1.89 bits per heavy atom. The molecule has 2 aromatic rings. The molecule has 0 aliphatic heterocycles. The average Bonchev–Trinajstić information content (AvgIpc) is 2.38. The van der Waals surface area contributed by atoms with Crippen LogP contribution < -0.4 is 5.73 Å². The normalized spacial score (nSPS) is 10.2. The lowest BCUT2D eigenvalue weighted by Crippen LogP contribution is -1.99. The Morgan fingerprint density at radius 3 is 2.58 bits per heavy atom. The first-order chi connectivity index (χ1) is 9.06. The van der Waals surface area contributed by atoms with Crippen molar-refractivity contribution in [1.29, 1.82) is 5.26 Å². The molecule has 0 spiro atoms. The predicted molar refractivity (Wildman–Crippen MR) is 78.4 cm³/mol. The molecule has 2 rings (SSSR count). The van der Waals surface area contributed by atoms with Gasteiger partial charge in [-0.3, -0.25) is 0 Å². The highest BCUT2D eigenvalue weighted by atomic mass is 35.5. The van der Waals surface area contributed by atoms with Crippen LogP contribution >= 0.6 is 34.8 Å². The minimum Gasteiger partial charge on any atom is -0.383 e. The molecule has 0 radical (unpaired) electrons. The lowest BCUT2D eigenvalue weighted by atomic mass is 9.99. The van der Waals surface area contributed by atoms with Crippen molar-refractivity contribution in [3.63, 3.8) is 0 Å². The molecule has 0 atom stereocenters. The minimum absolute atomic E-state index is 0.207. The van der Waals surface area contributed by atoms with Crippen molar-refractivity contribution in [2.45, 2.75) is 6.42 Å². The van der Waals surface area contributed by atoms with Crippen molar-refractivity contribution in [2.75, 3.05) is 5.73 Å². The lowest BCUT2D eigenvalue weighted by Gasteiger charge is -2.12. The Morgan fingerprint density at radius 1 is 1.16 bits per heavy atom. The van der Waals surface area contributed by atoms with Gasteiger partial charge in [0.1, 0.15) is 5.82 Å². The van der Waals surface area contributed by atoms with Crippen molar-refractivity contribution in [3.8, 4) is 17.2 Å². The first-order valence-electron chi connectivity index (χ1n) is 5.30. The summed E-state index contributed by atoms with van der Waals surface area (Å²) in [6, 6.07) is 7.16. The average molecular weight is 313 g/mol. The third-order valence-electron chi connectivity index (χ3n) is 2.64. The number of hydrogen-bond acceptors (Lipinski definition) is 3. The van der Waals surface area contributed by atoms with Crippen LogP contribution in [-0.4, -0.2) is 4.98 Å². The van der Waals surface area contributed by atoms with Gasteiger partial charge in [-0.1, -0.05) is 40.9 Å². The van der Waals surface area contributed by atoms with Gasteiger partial charge in [0.25, 0.3) is 0 Å². The zero-order chi connectivity index (χ0) is 14.0. The van der Waals surface area contributed by atoms with Crippen LogP contribution in [0.4, 0.5) is 5.82 Å². The molecule has 2 N–H and O–H groups in total. The van der Waals surface area contributed by atoms with Gasteiger partial charge in [-0.05, 0) is 17.7 Å². The summed E-state index contributed by atoms with van der Waals surface area (Å²) in [5.74, 6) is 0.299. The second-order valence-electron chi connectivity index (χ2n) is 3.79. The number of anilines is 1. The number of hydrogen-bond donors (Lipinski definition) is 1. The van der Waals surface area contributed by atoms with Crippen molar-refractivity contribution in [2.24, 2.45) is 0 Å². The second-order valence-corrected chi connectivity index (χ2v) is 4.95. The van der Waals surface area contributed by atoms with Crippen LogP contribution in [-0.2, 0) is 6.42 Å². The van der Waals surface area contributed by atoms with E-state index in [4.69, 9.17) is 45.8 Å². The number of pyridine rings is 1. The highest BCUT2D eigenvalue weighted by Crippen LogP contribution is 2.40. The molecule has 0 bridgehead atoms. The monoisotopic (exact) mass is 311 g/mol. The first-order valence-corrected chi connectivity index (χ1v) is 6.43. The molecular weight excluding hydrogens is 305 g/mol. The number of rotatable bonds is 2. The van der Waals surface area contributed by atoms with Gasteiger partial charge in [-0.2, -0.15) is 5.26 Å². The molecule has 0 saturated heterocycles. The molecule has 0 saturated carbocycles. The Bertz CT molecular complexity index is 678. The summed E-state index contributed by atoms with van der Waals surface area (Å²) in [5, 5.41) is 9.78. The summed E-state index contributed by atoms with van der Waals surface area (Å²) in [4.78, 5) is 4.03. The maximum Gasteiger partial charge on any atom is 0.131 e. The maximum atomic E-state index is 8.86. The van der Waals surface area contributed by atoms with E-state index in [-0.39, 0.29) is 11.4 Å². The number of nitrogen functional groups attached to an aromatic ring is 1. The van der Waals surface area contributed by atoms with E-state index in [0.717, 1.165) is 5.56 Å². The van der Waals surface area contributed by atoms with Gasteiger partial charge in [0.05, 0.1) is 27.6 Å². The smallest absolute Gasteiger partial charge is 0.131 e. The number of nitriles is 1. The van der Waals surface area contributed by atoms with E-state index in [1.807, 2.05) is 0 Å². The molecule has 1 aromatic heterocycles. The molecule has 96 valence electrons. The van der Waals surface area contributed by atoms with Crippen LogP contribution in [0.2, 0.25) is 15.1 Å². The van der Waals surface area contributed by atoms with E-state index in [2.05, 4.69) is 11.1 Å². The molecule has 19 heavy (non-hydrogen) atoms. The molecular formula is C13H8Cl3N3. The van der Waals surface area contributed by atoms with Crippen LogP contribution in [0.15, 0.2) is 24.4 Å². The van der Waals surface area contributed by atoms with Crippen LogP contribution in [0.1, 0.15) is 5.56 Å². The number of benzene rings is 1. The van der Waals surface area contributed by atoms with Crippen molar-refractivity contribution in [1.82, 2.24) is 4.98 Å². The molecule has 3 nitrogen and oxygen atoms in total. The van der Waals surface area contributed by atoms with Gasteiger partial charge in [0.2, 0.25) is 0 Å². The summed E-state index contributed by atoms with van der Waals surface area (Å²) in [6.45, 7) is 0. The van der Waals surface area contributed by atoms with Crippen molar-refractivity contribution in [3.05, 3.63) is 45.0 Å². The molecule has 6 heteroatoms. The fraction of sp³-hybridized carbons (Fsp3) is 0.0769. The first kappa shape index (κ1) is 14.0. The number of aromatic nitrogens is 1. The van der Waals surface area contributed by atoms with E-state index in [1.165, 1.54) is 0 Å². The van der Waals surface area contributed by atoms with Crippen LogP contribution in [0.5, 0.6) is 0 Å². The zero-order valence-corrected chi connectivity index (χ0v) is 11.9. The van der Waals surface area contributed by atoms with Gasteiger partial charge >= 0.3 is 0 Å². The van der Waals surface area contributed by atoms with Crippen LogP contribution in [0.3, 0.4) is 0 Å². The Balaban J connectivity index is 2.72. The van der Waals surface area contributed by atoms with Crippen LogP contribution in [0.25, 0.3) is 11.1 Å². The quantitative estimate of drug-likeness (QED) is 0.838. The Hall–Kier alpha value is -1.47. The van der Waals surface area contributed by atoms with Crippen LogP contribution in [0, 0.1) is 11.3 Å². The molecule has 1 heterocycles. The molecule has 0 amide bonds. The SMILES string of the molecule is N#CCc1ccnc(N)c1-c1ccc(Cl)c(Cl)c1Cl. The Labute approximate surface area is 125 Å². The largest absolute Gasteiger partial charge is 0.383 e. The number of halogens is 3. The van der Waals surface area contributed by atoms with Gasteiger partial charge in [-0.15, -0.1) is 0 Å². The van der Waals surface area contributed by atoms with E-state index in [0.29, 0.717) is 27.0 Å². The standard InChI is InChI=1S/C13H8Cl3N3/c14-9-2-1-8(11(15)12(9)16)10-7(3-5-17)4-6-19-13(10)18/h1-2,4,6H,3H2,(H2,18,19). The van der Waals surface area contributed by atoms with E-state index in [1.54, 1.807) is 24.4 Å².